The molecule has 17 heavy (non-hydrogen) atoms. The van der Waals surface area contributed by atoms with Crippen LogP contribution in [0.2, 0.25) is 0 Å². The van der Waals surface area contributed by atoms with Crippen molar-refractivity contribution in [2.45, 2.75) is 19.9 Å². The third-order valence-corrected chi connectivity index (χ3v) is 2.12. The maximum Gasteiger partial charge on any atom is 0.321 e. The van der Waals surface area contributed by atoms with Gasteiger partial charge in [0.1, 0.15) is 0 Å². The summed E-state index contributed by atoms with van der Waals surface area (Å²) in [6.07, 6.45) is 0. The maximum absolute atomic E-state index is 11.4. The minimum Gasteiger partial charge on any atom is -0.468 e. The summed E-state index contributed by atoms with van der Waals surface area (Å²) >= 11 is 0. The molecule has 98 valence electrons. The average Bonchev–Trinajstić information content (AvgIpc) is 2.27. The summed E-state index contributed by atoms with van der Waals surface area (Å²) in [5, 5.41) is 4.39. The van der Waals surface area contributed by atoms with Gasteiger partial charge in [-0.25, -0.2) is 4.79 Å². The molecule has 0 aromatic rings. The lowest BCUT2D eigenvalue weighted by Crippen LogP contribution is -2.46. The molecular weight excluding hydrogens is 226 g/mol. The molecule has 0 aromatic carbocycles. The van der Waals surface area contributed by atoms with E-state index < -0.39 is 17.9 Å². The molecule has 0 atom stereocenters. The normalized spacial score (nSPS) is 10.2. The first-order valence-corrected chi connectivity index (χ1v) is 5.23. The molecule has 0 fully saturated rings. The summed E-state index contributed by atoms with van der Waals surface area (Å²) in [7, 11) is 2.70. The molecule has 0 aromatic heterocycles. The zero-order chi connectivity index (χ0) is 13.4. The van der Waals surface area contributed by atoms with Crippen molar-refractivity contribution in [3.8, 4) is 0 Å². The van der Waals surface area contributed by atoms with Gasteiger partial charge in [-0.1, -0.05) is 0 Å². The largest absolute Gasteiger partial charge is 0.468 e. The van der Waals surface area contributed by atoms with Gasteiger partial charge in [-0.2, -0.15) is 0 Å². The second-order valence-corrected chi connectivity index (χ2v) is 3.70. The SMILES string of the molecule is CNC(=O)NC(=O)CN(CC(=O)OC)C(C)C. The highest BCUT2D eigenvalue weighted by molar-refractivity contribution is 5.95. The Hall–Kier alpha value is -1.63. The number of urea groups is 1. The van der Waals surface area contributed by atoms with Crippen molar-refractivity contribution in [1.29, 1.82) is 0 Å². The molecule has 0 bridgehead atoms. The van der Waals surface area contributed by atoms with Crippen molar-refractivity contribution < 1.29 is 19.1 Å². The molecule has 0 aliphatic rings. The molecule has 0 aliphatic heterocycles. The Labute approximate surface area is 100 Å². The second kappa shape index (κ2) is 7.61. The number of hydrogen-bond acceptors (Lipinski definition) is 5. The molecule has 2 N–H and O–H groups in total. The van der Waals surface area contributed by atoms with Gasteiger partial charge in [-0.3, -0.25) is 19.8 Å². The Bertz CT molecular complexity index is 291. The van der Waals surface area contributed by atoms with Gasteiger partial charge in [0.25, 0.3) is 0 Å². The van der Waals surface area contributed by atoms with Crippen LogP contribution in [0, 0.1) is 0 Å². The smallest absolute Gasteiger partial charge is 0.321 e. The van der Waals surface area contributed by atoms with Crippen molar-refractivity contribution in [3.63, 3.8) is 0 Å². The first kappa shape index (κ1) is 15.4. The van der Waals surface area contributed by atoms with Crippen LogP contribution in [0.25, 0.3) is 0 Å². The van der Waals surface area contributed by atoms with E-state index in [1.165, 1.54) is 14.2 Å². The van der Waals surface area contributed by atoms with E-state index in [1.807, 2.05) is 13.8 Å². The number of carbonyl (C=O) groups excluding carboxylic acids is 3. The standard InChI is InChI=1S/C10H19N3O4/c1-7(2)13(6-9(15)17-4)5-8(14)12-10(16)11-3/h7H,5-6H2,1-4H3,(H2,11,12,14,16). The molecule has 3 amide bonds. The fourth-order valence-corrected chi connectivity index (χ4v) is 1.06. The fourth-order valence-electron chi connectivity index (χ4n) is 1.06. The summed E-state index contributed by atoms with van der Waals surface area (Å²) < 4.78 is 4.52. The summed E-state index contributed by atoms with van der Waals surface area (Å²) in [6.45, 7) is 3.65. The minimum atomic E-state index is -0.572. The number of hydrogen-bond donors (Lipinski definition) is 2. The number of nitrogens with one attached hydrogen (secondary N) is 2. The number of carbonyl (C=O) groups is 3. The van der Waals surface area contributed by atoms with Gasteiger partial charge in [0.15, 0.2) is 0 Å². The van der Waals surface area contributed by atoms with Crippen LogP contribution in [0.3, 0.4) is 0 Å². The van der Waals surface area contributed by atoms with E-state index >= 15 is 0 Å². The lowest BCUT2D eigenvalue weighted by molar-refractivity contribution is -0.142. The molecule has 7 heteroatoms. The lowest BCUT2D eigenvalue weighted by atomic mass is 10.3. The predicted molar refractivity (Wildman–Crippen MR) is 61.3 cm³/mol. The molecule has 0 rings (SSSR count). The van der Waals surface area contributed by atoms with Crippen molar-refractivity contribution in [2.24, 2.45) is 0 Å². The minimum absolute atomic E-state index is 0.00926. The summed E-state index contributed by atoms with van der Waals surface area (Å²) in [5.74, 6) is -0.895. The van der Waals surface area contributed by atoms with Crippen LogP contribution in [0.4, 0.5) is 4.79 Å². The van der Waals surface area contributed by atoms with E-state index in [9.17, 15) is 14.4 Å². The van der Waals surface area contributed by atoms with E-state index in [0.717, 1.165) is 0 Å². The highest BCUT2D eigenvalue weighted by atomic mass is 16.5. The average molecular weight is 245 g/mol. The maximum atomic E-state index is 11.4. The van der Waals surface area contributed by atoms with Crippen LogP contribution < -0.4 is 10.6 Å². The van der Waals surface area contributed by atoms with Gasteiger partial charge >= 0.3 is 12.0 Å². The number of ether oxygens (including phenoxy) is 1. The Kier molecular flexibility index (Phi) is 6.88. The van der Waals surface area contributed by atoms with E-state index in [2.05, 4.69) is 15.4 Å². The van der Waals surface area contributed by atoms with Gasteiger partial charge < -0.3 is 10.1 Å². The van der Waals surface area contributed by atoms with E-state index in [-0.39, 0.29) is 19.1 Å². The number of esters is 1. The van der Waals surface area contributed by atoms with Gasteiger partial charge in [-0.15, -0.1) is 0 Å². The molecule has 0 unspecified atom stereocenters. The first-order valence-electron chi connectivity index (χ1n) is 5.23. The van der Waals surface area contributed by atoms with E-state index in [4.69, 9.17) is 0 Å². The zero-order valence-electron chi connectivity index (χ0n) is 10.6. The van der Waals surface area contributed by atoms with E-state index in [1.54, 1.807) is 4.90 Å². The molecule has 0 aliphatic carbocycles. The highest BCUT2D eigenvalue weighted by Crippen LogP contribution is 1.98. The molecular formula is C10H19N3O4. The van der Waals surface area contributed by atoms with E-state index in [0.29, 0.717) is 0 Å². The van der Waals surface area contributed by atoms with Crippen LogP contribution in [-0.2, 0) is 14.3 Å². The van der Waals surface area contributed by atoms with Crippen molar-refractivity contribution in [1.82, 2.24) is 15.5 Å². The van der Waals surface area contributed by atoms with Crippen molar-refractivity contribution in [3.05, 3.63) is 0 Å². The molecule has 0 saturated carbocycles. The van der Waals surface area contributed by atoms with Crippen LogP contribution in [0.15, 0.2) is 0 Å². The quantitative estimate of drug-likeness (QED) is 0.627. The van der Waals surface area contributed by atoms with Crippen LogP contribution >= 0.6 is 0 Å². The summed E-state index contributed by atoms with van der Waals surface area (Å²) in [4.78, 5) is 35.0. The Morgan fingerprint density at radius 2 is 1.82 bits per heavy atom. The molecule has 0 saturated heterocycles. The first-order chi connectivity index (χ1) is 7.90. The highest BCUT2D eigenvalue weighted by Gasteiger charge is 2.18. The van der Waals surface area contributed by atoms with Gasteiger partial charge in [0.05, 0.1) is 20.2 Å². The monoisotopic (exact) mass is 245 g/mol. The summed E-state index contributed by atoms with van der Waals surface area (Å²) in [6, 6.07) is -0.582. The number of imide groups is 1. The van der Waals surface area contributed by atoms with Gasteiger partial charge in [0.2, 0.25) is 5.91 Å². The topological polar surface area (TPSA) is 87.7 Å². The van der Waals surface area contributed by atoms with Crippen molar-refractivity contribution >= 4 is 17.9 Å². The Balaban J connectivity index is 4.30. The number of nitrogens with zero attached hydrogens (tertiary/aromatic N) is 1. The zero-order valence-corrected chi connectivity index (χ0v) is 10.6. The second-order valence-electron chi connectivity index (χ2n) is 3.70. The van der Waals surface area contributed by atoms with Gasteiger partial charge in [-0.05, 0) is 13.8 Å². The number of methoxy groups -OCH3 is 1. The van der Waals surface area contributed by atoms with Crippen LogP contribution in [0.5, 0.6) is 0 Å². The third kappa shape index (κ3) is 6.52. The van der Waals surface area contributed by atoms with Crippen LogP contribution in [-0.4, -0.2) is 56.1 Å². The summed E-state index contributed by atoms with van der Waals surface area (Å²) in [5.41, 5.74) is 0. The molecule has 0 radical (unpaired) electrons. The number of amides is 3. The number of rotatable bonds is 5. The molecule has 0 spiro atoms. The Morgan fingerprint density at radius 3 is 2.24 bits per heavy atom. The molecule has 7 nitrogen and oxygen atoms in total. The Morgan fingerprint density at radius 1 is 1.24 bits per heavy atom. The van der Waals surface area contributed by atoms with Gasteiger partial charge in [0, 0.05) is 13.1 Å². The van der Waals surface area contributed by atoms with Crippen LogP contribution in [0.1, 0.15) is 13.8 Å². The lowest BCUT2D eigenvalue weighted by Gasteiger charge is -2.24. The predicted octanol–water partition coefficient (Wildman–Crippen LogP) is -0.675. The van der Waals surface area contributed by atoms with Crippen molar-refractivity contribution in [2.75, 3.05) is 27.2 Å². The third-order valence-electron chi connectivity index (χ3n) is 2.12. The fraction of sp³-hybridized carbons (Fsp3) is 0.700. The molecule has 0 heterocycles.